The van der Waals surface area contributed by atoms with Gasteiger partial charge in [-0.15, -0.1) is 0 Å². The van der Waals surface area contributed by atoms with Gasteiger partial charge in [0, 0.05) is 36.1 Å². The molecule has 0 fully saturated rings. The van der Waals surface area contributed by atoms with Crippen molar-refractivity contribution in [2.45, 2.75) is 40.5 Å². The fourth-order valence-corrected chi connectivity index (χ4v) is 2.94. The second-order valence-electron chi connectivity index (χ2n) is 5.41. The fourth-order valence-electron chi connectivity index (χ4n) is 2.46. The lowest BCUT2D eigenvalue weighted by molar-refractivity contribution is -0.125. The SMILES string of the molecule is CCC(CC)C(=O)NCCN(C(C)=O)c1ccc(Br)cc1C. The fraction of sp³-hybridized carbons (Fsp3) is 0.529. The highest BCUT2D eigenvalue weighted by Gasteiger charge is 2.16. The Kier molecular flexibility index (Phi) is 7.59. The normalized spacial score (nSPS) is 10.6. The van der Waals surface area contributed by atoms with E-state index in [9.17, 15) is 9.59 Å². The summed E-state index contributed by atoms with van der Waals surface area (Å²) in [5.74, 6) is 0.100. The van der Waals surface area contributed by atoms with E-state index in [1.165, 1.54) is 0 Å². The lowest BCUT2D eigenvalue weighted by Gasteiger charge is -2.24. The Labute approximate surface area is 141 Å². The van der Waals surface area contributed by atoms with E-state index in [4.69, 9.17) is 0 Å². The monoisotopic (exact) mass is 368 g/mol. The number of aryl methyl sites for hydroxylation is 1. The topological polar surface area (TPSA) is 49.4 Å². The van der Waals surface area contributed by atoms with E-state index >= 15 is 0 Å². The Balaban J connectivity index is 2.70. The lowest BCUT2D eigenvalue weighted by Crippen LogP contribution is -2.39. The molecule has 0 saturated heterocycles. The van der Waals surface area contributed by atoms with Crippen LogP contribution in [-0.2, 0) is 9.59 Å². The maximum atomic E-state index is 12.0. The molecule has 1 aromatic rings. The van der Waals surface area contributed by atoms with Crippen molar-refractivity contribution in [2.24, 2.45) is 5.92 Å². The summed E-state index contributed by atoms with van der Waals surface area (Å²) in [5.41, 5.74) is 1.91. The summed E-state index contributed by atoms with van der Waals surface area (Å²) in [7, 11) is 0. The Morgan fingerprint density at radius 2 is 1.91 bits per heavy atom. The van der Waals surface area contributed by atoms with E-state index in [2.05, 4.69) is 21.2 Å². The number of anilines is 1. The summed E-state index contributed by atoms with van der Waals surface area (Å²) in [6, 6.07) is 5.82. The van der Waals surface area contributed by atoms with E-state index < -0.39 is 0 Å². The lowest BCUT2D eigenvalue weighted by atomic mass is 10.0. The molecule has 0 unspecified atom stereocenters. The van der Waals surface area contributed by atoms with Crippen molar-refractivity contribution in [2.75, 3.05) is 18.0 Å². The molecule has 0 aliphatic heterocycles. The number of halogens is 1. The van der Waals surface area contributed by atoms with Gasteiger partial charge < -0.3 is 10.2 Å². The van der Waals surface area contributed by atoms with Crippen LogP contribution in [0.15, 0.2) is 22.7 Å². The molecule has 0 heterocycles. The molecule has 0 saturated carbocycles. The van der Waals surface area contributed by atoms with Crippen LogP contribution in [0.4, 0.5) is 5.69 Å². The number of benzene rings is 1. The minimum absolute atomic E-state index is 0.0257. The van der Waals surface area contributed by atoms with Gasteiger partial charge in [0.25, 0.3) is 0 Å². The summed E-state index contributed by atoms with van der Waals surface area (Å²) >= 11 is 3.43. The average molecular weight is 369 g/mol. The zero-order chi connectivity index (χ0) is 16.7. The molecule has 22 heavy (non-hydrogen) atoms. The summed E-state index contributed by atoms with van der Waals surface area (Å²) in [6.45, 7) is 8.48. The Hall–Kier alpha value is -1.36. The number of hydrogen-bond donors (Lipinski definition) is 1. The van der Waals surface area contributed by atoms with Crippen LogP contribution in [0.3, 0.4) is 0 Å². The predicted molar refractivity (Wildman–Crippen MR) is 94.0 cm³/mol. The van der Waals surface area contributed by atoms with Crippen molar-refractivity contribution < 1.29 is 9.59 Å². The molecule has 0 spiro atoms. The van der Waals surface area contributed by atoms with Crippen LogP contribution in [-0.4, -0.2) is 24.9 Å². The summed E-state index contributed by atoms with van der Waals surface area (Å²) in [6.07, 6.45) is 1.68. The molecule has 4 nitrogen and oxygen atoms in total. The largest absolute Gasteiger partial charge is 0.354 e. The van der Waals surface area contributed by atoms with Crippen molar-refractivity contribution in [1.82, 2.24) is 5.32 Å². The van der Waals surface area contributed by atoms with Crippen molar-refractivity contribution in [3.05, 3.63) is 28.2 Å². The quantitative estimate of drug-likeness (QED) is 0.798. The molecule has 1 rings (SSSR count). The van der Waals surface area contributed by atoms with Gasteiger partial charge in [-0.2, -0.15) is 0 Å². The van der Waals surface area contributed by atoms with E-state index in [1.807, 2.05) is 39.0 Å². The van der Waals surface area contributed by atoms with Gasteiger partial charge in [-0.25, -0.2) is 0 Å². The first-order chi connectivity index (χ1) is 10.4. The van der Waals surface area contributed by atoms with Crippen molar-refractivity contribution in [3.63, 3.8) is 0 Å². The highest BCUT2D eigenvalue weighted by molar-refractivity contribution is 9.10. The molecule has 0 aliphatic rings. The van der Waals surface area contributed by atoms with Crippen LogP contribution in [0.25, 0.3) is 0 Å². The van der Waals surface area contributed by atoms with E-state index in [0.717, 1.165) is 28.6 Å². The summed E-state index contributed by atoms with van der Waals surface area (Å²) < 4.78 is 0.985. The highest BCUT2D eigenvalue weighted by Crippen LogP contribution is 2.23. The molecule has 5 heteroatoms. The van der Waals surface area contributed by atoms with Gasteiger partial charge >= 0.3 is 0 Å². The number of hydrogen-bond acceptors (Lipinski definition) is 2. The minimum atomic E-state index is -0.0257. The molecule has 1 aromatic carbocycles. The molecule has 2 amide bonds. The number of nitrogens with zero attached hydrogens (tertiary/aromatic N) is 1. The van der Waals surface area contributed by atoms with E-state index in [1.54, 1.807) is 11.8 Å². The van der Waals surface area contributed by atoms with E-state index in [0.29, 0.717) is 13.1 Å². The van der Waals surface area contributed by atoms with Crippen molar-refractivity contribution >= 4 is 33.4 Å². The van der Waals surface area contributed by atoms with Crippen molar-refractivity contribution in [3.8, 4) is 0 Å². The molecule has 0 radical (unpaired) electrons. The second kappa shape index (κ2) is 8.93. The van der Waals surface area contributed by atoms with Gasteiger partial charge in [-0.1, -0.05) is 29.8 Å². The molecule has 122 valence electrons. The second-order valence-corrected chi connectivity index (χ2v) is 6.32. The molecular formula is C17H25BrN2O2. The predicted octanol–water partition coefficient (Wildman–Crippen LogP) is 3.66. The third-order valence-electron chi connectivity index (χ3n) is 3.82. The molecule has 0 bridgehead atoms. The Morgan fingerprint density at radius 1 is 1.27 bits per heavy atom. The number of carbonyl (C=O) groups excluding carboxylic acids is 2. The first kappa shape index (κ1) is 18.7. The van der Waals surface area contributed by atoms with Crippen LogP contribution < -0.4 is 10.2 Å². The van der Waals surface area contributed by atoms with Gasteiger partial charge in [0.15, 0.2) is 0 Å². The molecule has 0 aromatic heterocycles. The molecule has 1 N–H and O–H groups in total. The molecule has 0 aliphatic carbocycles. The van der Waals surface area contributed by atoms with Crippen LogP contribution in [0.1, 0.15) is 39.2 Å². The summed E-state index contributed by atoms with van der Waals surface area (Å²) in [5, 5.41) is 2.93. The van der Waals surface area contributed by atoms with E-state index in [-0.39, 0.29) is 17.7 Å². The first-order valence-corrected chi connectivity index (χ1v) is 8.51. The maximum Gasteiger partial charge on any atom is 0.223 e. The smallest absolute Gasteiger partial charge is 0.223 e. The zero-order valence-electron chi connectivity index (χ0n) is 13.8. The van der Waals surface area contributed by atoms with Crippen LogP contribution in [0, 0.1) is 12.8 Å². The van der Waals surface area contributed by atoms with Gasteiger partial charge in [0.2, 0.25) is 11.8 Å². The Morgan fingerprint density at radius 3 is 2.41 bits per heavy atom. The van der Waals surface area contributed by atoms with Gasteiger partial charge in [-0.3, -0.25) is 9.59 Å². The number of amides is 2. The molecular weight excluding hydrogens is 344 g/mol. The number of rotatable bonds is 7. The van der Waals surface area contributed by atoms with Gasteiger partial charge in [0.1, 0.15) is 0 Å². The van der Waals surface area contributed by atoms with Crippen molar-refractivity contribution in [1.29, 1.82) is 0 Å². The molecule has 0 atom stereocenters. The highest BCUT2D eigenvalue weighted by atomic mass is 79.9. The summed E-state index contributed by atoms with van der Waals surface area (Å²) in [4.78, 5) is 25.6. The third kappa shape index (κ3) is 5.13. The van der Waals surface area contributed by atoms with Gasteiger partial charge in [0.05, 0.1) is 0 Å². The standard InChI is InChI=1S/C17H25BrN2O2/c1-5-14(6-2)17(22)19-9-10-20(13(4)21)16-8-7-15(18)11-12(16)3/h7-8,11,14H,5-6,9-10H2,1-4H3,(H,19,22). The zero-order valence-corrected chi connectivity index (χ0v) is 15.4. The average Bonchev–Trinajstić information content (AvgIpc) is 2.45. The first-order valence-electron chi connectivity index (χ1n) is 7.72. The van der Waals surface area contributed by atoms with Crippen LogP contribution >= 0.6 is 15.9 Å². The number of nitrogens with one attached hydrogen (secondary N) is 1. The van der Waals surface area contributed by atoms with Crippen LogP contribution in [0.2, 0.25) is 0 Å². The Bertz CT molecular complexity index is 527. The van der Waals surface area contributed by atoms with Crippen LogP contribution in [0.5, 0.6) is 0 Å². The minimum Gasteiger partial charge on any atom is -0.354 e. The third-order valence-corrected chi connectivity index (χ3v) is 4.31. The number of carbonyl (C=O) groups is 2. The maximum absolute atomic E-state index is 12.0. The van der Waals surface area contributed by atoms with Gasteiger partial charge in [-0.05, 0) is 43.5 Å².